The number of amides is 1. The molecule has 3 aromatic rings. The van der Waals surface area contributed by atoms with E-state index in [4.69, 9.17) is 0 Å². The summed E-state index contributed by atoms with van der Waals surface area (Å²) >= 11 is 0. The summed E-state index contributed by atoms with van der Waals surface area (Å²) < 4.78 is 1.78. The number of pyridine rings is 1. The van der Waals surface area contributed by atoms with Crippen LogP contribution in [0.1, 0.15) is 42.4 Å². The van der Waals surface area contributed by atoms with Crippen LogP contribution >= 0.6 is 0 Å². The Balaban J connectivity index is 1.67. The Hall–Kier alpha value is -2.95. The van der Waals surface area contributed by atoms with Gasteiger partial charge in [0.15, 0.2) is 0 Å². The lowest BCUT2D eigenvalue weighted by Crippen LogP contribution is -2.23. The molecule has 0 fully saturated rings. The van der Waals surface area contributed by atoms with Gasteiger partial charge in [0, 0.05) is 18.8 Å². The van der Waals surface area contributed by atoms with Gasteiger partial charge in [0.2, 0.25) is 0 Å². The van der Waals surface area contributed by atoms with E-state index in [-0.39, 0.29) is 11.3 Å². The van der Waals surface area contributed by atoms with E-state index >= 15 is 0 Å². The highest BCUT2D eigenvalue weighted by atomic mass is 16.1. The summed E-state index contributed by atoms with van der Waals surface area (Å²) in [5.74, 6) is -0.101. The number of nitrogens with one attached hydrogen (secondary N) is 1. The molecule has 1 N–H and O–H groups in total. The van der Waals surface area contributed by atoms with Crippen LogP contribution in [-0.2, 0) is 19.0 Å². The van der Waals surface area contributed by atoms with Crippen molar-refractivity contribution in [3.8, 4) is 11.4 Å². The Kier molecular flexibility index (Phi) is 4.89. The van der Waals surface area contributed by atoms with Crippen LogP contribution in [-0.4, -0.2) is 20.7 Å². The van der Waals surface area contributed by atoms with Crippen LogP contribution < -0.4 is 5.32 Å². The van der Waals surface area contributed by atoms with Crippen LogP contribution in [0.3, 0.4) is 0 Å². The molecule has 0 aliphatic heterocycles. The summed E-state index contributed by atoms with van der Waals surface area (Å²) in [6.45, 7) is 6.84. The second-order valence-corrected chi connectivity index (χ2v) is 7.37. The second-order valence-electron chi connectivity index (χ2n) is 7.37. The molecule has 1 amide bonds. The molecule has 0 aliphatic rings. The van der Waals surface area contributed by atoms with E-state index in [1.54, 1.807) is 10.9 Å². The first kappa shape index (κ1) is 17.9. The van der Waals surface area contributed by atoms with Gasteiger partial charge >= 0.3 is 0 Å². The summed E-state index contributed by atoms with van der Waals surface area (Å²) in [6.07, 6.45) is 1.75. The molecule has 1 aromatic carbocycles. The molecule has 0 spiro atoms. The SMILES string of the molecule is Cn1nc(CNC(=O)c2ccc(C(C)(C)C)cc2)cc1-c1ccccn1. The maximum absolute atomic E-state index is 12.4. The Labute approximate surface area is 154 Å². The molecule has 0 saturated carbocycles. The van der Waals surface area contributed by atoms with Gasteiger partial charge in [0.25, 0.3) is 5.91 Å². The topological polar surface area (TPSA) is 59.8 Å². The molecule has 5 heteroatoms. The summed E-state index contributed by atoms with van der Waals surface area (Å²) in [4.78, 5) is 16.7. The van der Waals surface area contributed by atoms with E-state index in [2.05, 4.69) is 36.2 Å². The Morgan fingerprint density at radius 2 is 1.85 bits per heavy atom. The lowest BCUT2D eigenvalue weighted by atomic mass is 9.87. The molecule has 0 bridgehead atoms. The van der Waals surface area contributed by atoms with Gasteiger partial charge in [-0.2, -0.15) is 5.10 Å². The molecule has 2 heterocycles. The monoisotopic (exact) mass is 348 g/mol. The minimum atomic E-state index is -0.101. The fraction of sp³-hybridized carbons (Fsp3) is 0.286. The lowest BCUT2D eigenvalue weighted by Gasteiger charge is -2.19. The van der Waals surface area contributed by atoms with E-state index in [1.807, 2.05) is 55.6 Å². The third-order valence-electron chi connectivity index (χ3n) is 4.30. The van der Waals surface area contributed by atoms with Crippen molar-refractivity contribution in [2.45, 2.75) is 32.7 Å². The normalized spacial score (nSPS) is 11.4. The summed E-state index contributed by atoms with van der Waals surface area (Å²) in [5, 5.41) is 7.39. The van der Waals surface area contributed by atoms with Gasteiger partial charge in [0.05, 0.1) is 23.6 Å². The highest BCUT2D eigenvalue weighted by Gasteiger charge is 2.15. The predicted octanol–water partition coefficient (Wildman–Crippen LogP) is 3.71. The third-order valence-corrected chi connectivity index (χ3v) is 4.30. The fourth-order valence-corrected chi connectivity index (χ4v) is 2.76. The first-order chi connectivity index (χ1) is 12.3. The number of hydrogen-bond donors (Lipinski definition) is 1. The Morgan fingerprint density at radius 3 is 2.46 bits per heavy atom. The average molecular weight is 348 g/mol. The number of benzene rings is 1. The molecule has 0 unspecified atom stereocenters. The van der Waals surface area contributed by atoms with Crippen molar-refractivity contribution >= 4 is 5.91 Å². The van der Waals surface area contributed by atoms with Crippen molar-refractivity contribution in [2.24, 2.45) is 7.05 Å². The molecule has 0 atom stereocenters. The number of hydrogen-bond acceptors (Lipinski definition) is 3. The van der Waals surface area contributed by atoms with Crippen molar-refractivity contribution < 1.29 is 4.79 Å². The number of carbonyl (C=O) groups excluding carboxylic acids is 1. The quantitative estimate of drug-likeness (QED) is 0.782. The average Bonchev–Trinajstić information content (AvgIpc) is 3.00. The van der Waals surface area contributed by atoms with Crippen LogP contribution in [0.4, 0.5) is 0 Å². The van der Waals surface area contributed by atoms with Gasteiger partial charge in [-0.25, -0.2) is 0 Å². The molecule has 0 radical (unpaired) electrons. The molecule has 26 heavy (non-hydrogen) atoms. The van der Waals surface area contributed by atoms with Gasteiger partial charge in [0.1, 0.15) is 0 Å². The second kappa shape index (κ2) is 7.12. The summed E-state index contributed by atoms with van der Waals surface area (Å²) in [6, 6.07) is 15.5. The maximum atomic E-state index is 12.4. The van der Waals surface area contributed by atoms with Crippen molar-refractivity contribution in [1.29, 1.82) is 0 Å². The lowest BCUT2D eigenvalue weighted by molar-refractivity contribution is 0.0950. The van der Waals surface area contributed by atoms with Crippen LogP contribution in [0.5, 0.6) is 0 Å². The minimum Gasteiger partial charge on any atom is -0.346 e. The zero-order chi connectivity index (χ0) is 18.7. The van der Waals surface area contributed by atoms with Crippen LogP contribution in [0.25, 0.3) is 11.4 Å². The molecular formula is C21H24N4O. The zero-order valence-corrected chi connectivity index (χ0v) is 15.7. The van der Waals surface area contributed by atoms with Crippen LogP contribution in [0, 0.1) is 0 Å². The Bertz CT molecular complexity index is 890. The number of rotatable bonds is 4. The van der Waals surface area contributed by atoms with Crippen LogP contribution in [0.15, 0.2) is 54.7 Å². The fourth-order valence-electron chi connectivity index (χ4n) is 2.76. The van der Waals surface area contributed by atoms with Crippen molar-refractivity contribution in [2.75, 3.05) is 0 Å². The first-order valence-corrected chi connectivity index (χ1v) is 8.67. The smallest absolute Gasteiger partial charge is 0.251 e. The number of aromatic nitrogens is 3. The number of carbonyl (C=O) groups is 1. The molecule has 5 nitrogen and oxygen atoms in total. The number of aryl methyl sites for hydroxylation is 1. The standard InChI is InChI=1S/C21H24N4O/c1-21(2,3)16-10-8-15(9-11-16)20(26)23-14-17-13-19(25(4)24-17)18-7-5-6-12-22-18/h5-13H,14H2,1-4H3,(H,23,26). The highest BCUT2D eigenvalue weighted by Crippen LogP contribution is 2.22. The molecule has 3 rings (SSSR count). The molecular weight excluding hydrogens is 324 g/mol. The van der Waals surface area contributed by atoms with Gasteiger partial charge in [-0.05, 0) is 41.3 Å². The van der Waals surface area contributed by atoms with Crippen molar-refractivity contribution in [3.63, 3.8) is 0 Å². The summed E-state index contributed by atoms with van der Waals surface area (Å²) in [7, 11) is 1.88. The van der Waals surface area contributed by atoms with Crippen molar-refractivity contribution in [1.82, 2.24) is 20.1 Å². The molecule has 0 saturated heterocycles. The summed E-state index contributed by atoms with van der Waals surface area (Å²) in [5.41, 5.74) is 4.51. The Morgan fingerprint density at radius 1 is 1.12 bits per heavy atom. The van der Waals surface area contributed by atoms with Gasteiger partial charge in [-0.1, -0.05) is 39.0 Å². The van der Waals surface area contributed by atoms with Gasteiger partial charge < -0.3 is 5.32 Å². The van der Waals surface area contributed by atoms with E-state index in [9.17, 15) is 4.79 Å². The first-order valence-electron chi connectivity index (χ1n) is 8.67. The minimum absolute atomic E-state index is 0.0742. The molecule has 0 aliphatic carbocycles. The van der Waals surface area contributed by atoms with E-state index in [0.717, 1.165) is 17.1 Å². The third kappa shape index (κ3) is 3.99. The maximum Gasteiger partial charge on any atom is 0.251 e. The van der Waals surface area contributed by atoms with Crippen LogP contribution in [0.2, 0.25) is 0 Å². The zero-order valence-electron chi connectivity index (χ0n) is 15.7. The molecule has 134 valence electrons. The van der Waals surface area contributed by atoms with Gasteiger partial charge in [-0.15, -0.1) is 0 Å². The van der Waals surface area contributed by atoms with Gasteiger partial charge in [-0.3, -0.25) is 14.5 Å². The highest BCUT2D eigenvalue weighted by molar-refractivity contribution is 5.94. The predicted molar refractivity (Wildman–Crippen MR) is 103 cm³/mol. The van der Waals surface area contributed by atoms with E-state index in [0.29, 0.717) is 12.1 Å². The number of nitrogens with zero attached hydrogens (tertiary/aromatic N) is 3. The molecule has 2 aromatic heterocycles. The largest absolute Gasteiger partial charge is 0.346 e. The van der Waals surface area contributed by atoms with Crippen molar-refractivity contribution in [3.05, 3.63) is 71.5 Å². The van der Waals surface area contributed by atoms with E-state index < -0.39 is 0 Å². The van der Waals surface area contributed by atoms with E-state index in [1.165, 1.54) is 5.56 Å².